The second kappa shape index (κ2) is 14.6. The molecule has 2 rings (SSSR count). The van der Waals surface area contributed by atoms with Crippen molar-refractivity contribution < 1.29 is 9.90 Å². The van der Waals surface area contributed by atoms with E-state index in [0.717, 1.165) is 6.08 Å². The Bertz CT molecular complexity index is 571. The summed E-state index contributed by atoms with van der Waals surface area (Å²) >= 11 is -1.66. The molecule has 0 spiro atoms. The summed E-state index contributed by atoms with van der Waals surface area (Å²) in [6.07, 6.45) is 9.16. The third-order valence-corrected chi connectivity index (χ3v) is 12.5. The monoisotopic (exact) mass is 458 g/mol. The normalized spacial score (nSPS) is 9.73. The molecule has 0 unspecified atom stereocenters. The average molecular weight is 457 g/mol. The number of carbonyl (C=O) groups is 1. The van der Waals surface area contributed by atoms with Crippen molar-refractivity contribution in [3.05, 3.63) is 73.3 Å². The van der Waals surface area contributed by atoms with Crippen LogP contribution < -0.4 is 12.3 Å². The molecule has 0 fully saturated rings. The fraction of sp³-hybridized carbons (Fsp3) is 0.348. The van der Waals surface area contributed by atoms with E-state index in [0.29, 0.717) is 0 Å². The van der Waals surface area contributed by atoms with Gasteiger partial charge in [0, 0.05) is 0 Å². The van der Waals surface area contributed by atoms with Crippen molar-refractivity contribution in [1.29, 1.82) is 0 Å². The Labute approximate surface area is 165 Å². The summed E-state index contributed by atoms with van der Waals surface area (Å²) in [4.78, 5) is 9.14. The van der Waals surface area contributed by atoms with E-state index in [1.165, 1.54) is 43.0 Å². The Hall–Kier alpha value is -1.55. The van der Waals surface area contributed by atoms with Crippen LogP contribution in [0.15, 0.2) is 73.3 Å². The first-order valence-corrected chi connectivity index (χ1v) is 14.4. The number of carboxylic acids is 1. The molecular formula is C23H30O2Sn. The third-order valence-electron chi connectivity index (χ3n) is 4.19. The summed E-state index contributed by atoms with van der Waals surface area (Å²) in [6, 6.07) is 22.6. The van der Waals surface area contributed by atoms with Crippen LogP contribution in [0.5, 0.6) is 0 Å². The zero-order chi connectivity index (χ0) is 19.0. The molecule has 0 atom stereocenters. The molecule has 0 aliphatic heterocycles. The molecule has 2 aromatic carbocycles. The van der Waals surface area contributed by atoms with Gasteiger partial charge in [-0.05, 0) is 6.08 Å². The fourth-order valence-electron chi connectivity index (χ4n) is 2.82. The molecule has 2 aromatic rings. The summed E-state index contributed by atoms with van der Waals surface area (Å²) in [5.41, 5.74) is 0. The molecule has 0 heterocycles. The molecule has 138 valence electrons. The van der Waals surface area contributed by atoms with Gasteiger partial charge in [0.1, 0.15) is 0 Å². The van der Waals surface area contributed by atoms with E-state index in [9.17, 15) is 0 Å². The minimum absolute atomic E-state index is 0.722. The number of rotatable bonds is 10. The first-order chi connectivity index (χ1) is 12.7. The van der Waals surface area contributed by atoms with E-state index in [1.807, 2.05) is 0 Å². The predicted octanol–water partition coefficient (Wildman–Crippen LogP) is 3.58. The zero-order valence-corrected chi connectivity index (χ0v) is 18.7. The zero-order valence-electron chi connectivity index (χ0n) is 15.8. The van der Waals surface area contributed by atoms with E-state index in [1.54, 1.807) is 7.16 Å². The SMILES string of the molecule is C=CC(=O)[O-].CCCCCCC[CH2][Sn+]([c]1ccccc1)[c]1ccccc1. The summed E-state index contributed by atoms with van der Waals surface area (Å²) in [5, 5.41) is 9.14. The molecule has 0 amide bonds. The van der Waals surface area contributed by atoms with Gasteiger partial charge in [-0.2, -0.15) is 0 Å². The number of aliphatic carboxylic acids is 1. The molecule has 0 aromatic heterocycles. The van der Waals surface area contributed by atoms with Crippen molar-refractivity contribution in [3.63, 3.8) is 0 Å². The maximum absolute atomic E-state index is 9.14. The number of unbranched alkanes of at least 4 members (excludes halogenated alkanes) is 5. The van der Waals surface area contributed by atoms with Gasteiger partial charge in [-0.3, -0.25) is 0 Å². The van der Waals surface area contributed by atoms with Gasteiger partial charge >= 0.3 is 137 Å². The first-order valence-electron chi connectivity index (χ1n) is 9.49. The van der Waals surface area contributed by atoms with Crippen molar-refractivity contribution in [2.24, 2.45) is 0 Å². The van der Waals surface area contributed by atoms with Crippen LogP contribution in [0.4, 0.5) is 0 Å². The van der Waals surface area contributed by atoms with E-state index in [-0.39, 0.29) is 0 Å². The molecule has 0 aliphatic rings. The van der Waals surface area contributed by atoms with Crippen molar-refractivity contribution in [1.82, 2.24) is 0 Å². The first kappa shape index (κ1) is 22.5. The third kappa shape index (κ3) is 9.81. The van der Waals surface area contributed by atoms with Gasteiger partial charge < -0.3 is 9.90 Å². The van der Waals surface area contributed by atoms with Crippen molar-refractivity contribution >= 4 is 32.9 Å². The van der Waals surface area contributed by atoms with Crippen LogP contribution in [0, 0.1) is 0 Å². The summed E-state index contributed by atoms with van der Waals surface area (Å²) in [7, 11) is 0. The van der Waals surface area contributed by atoms with Gasteiger partial charge in [-0.1, -0.05) is 6.58 Å². The van der Waals surface area contributed by atoms with Crippen LogP contribution in [-0.2, 0) is 4.79 Å². The Kier molecular flexibility index (Phi) is 12.6. The fourth-order valence-corrected chi connectivity index (χ4v) is 10.5. The molecule has 26 heavy (non-hydrogen) atoms. The van der Waals surface area contributed by atoms with Crippen molar-refractivity contribution in [2.45, 2.75) is 49.9 Å². The number of carbonyl (C=O) groups excluding carboxylic acids is 1. The number of hydrogen-bond donors (Lipinski definition) is 0. The van der Waals surface area contributed by atoms with Crippen molar-refractivity contribution in [3.8, 4) is 0 Å². The Morgan fingerprint density at radius 2 is 1.31 bits per heavy atom. The summed E-state index contributed by atoms with van der Waals surface area (Å²) in [5.74, 6) is -1.23. The van der Waals surface area contributed by atoms with Gasteiger partial charge in [0.2, 0.25) is 0 Å². The van der Waals surface area contributed by atoms with Gasteiger partial charge in [0.25, 0.3) is 0 Å². The van der Waals surface area contributed by atoms with E-state index in [2.05, 4.69) is 74.2 Å². The van der Waals surface area contributed by atoms with Gasteiger partial charge in [-0.25, -0.2) is 0 Å². The average Bonchev–Trinajstić information content (AvgIpc) is 2.69. The number of hydrogen-bond acceptors (Lipinski definition) is 2. The minimum atomic E-state index is -1.66. The number of benzene rings is 2. The maximum atomic E-state index is 9.14. The van der Waals surface area contributed by atoms with Crippen LogP contribution in [0.1, 0.15) is 45.4 Å². The standard InChI is InChI=1S/C8H17.2C6H5.C3H4O2.Sn/c1-3-5-7-8-6-4-2;2*1-2-4-6-5-3-1;1-2-3(4)5;/h1,3-8H2,2H3;2*1-5H;2H,1H2,(H,4,5);/q;;;;+1/p-1. The van der Waals surface area contributed by atoms with E-state index in [4.69, 9.17) is 9.90 Å². The van der Waals surface area contributed by atoms with Crippen LogP contribution in [-0.4, -0.2) is 25.7 Å². The van der Waals surface area contributed by atoms with Crippen LogP contribution in [0.25, 0.3) is 0 Å². The van der Waals surface area contributed by atoms with Crippen LogP contribution in [0.2, 0.25) is 4.44 Å². The molecule has 0 N–H and O–H groups in total. The van der Waals surface area contributed by atoms with Gasteiger partial charge in [-0.15, -0.1) is 0 Å². The molecule has 0 radical (unpaired) electrons. The molecule has 0 saturated heterocycles. The summed E-state index contributed by atoms with van der Waals surface area (Å²) < 4.78 is 4.77. The van der Waals surface area contributed by atoms with Gasteiger partial charge in [0.05, 0.1) is 5.97 Å². The molecular weight excluding hydrogens is 427 g/mol. The van der Waals surface area contributed by atoms with E-state index >= 15 is 0 Å². The van der Waals surface area contributed by atoms with Crippen LogP contribution in [0.3, 0.4) is 0 Å². The Morgan fingerprint density at radius 1 is 0.885 bits per heavy atom. The Morgan fingerprint density at radius 3 is 1.73 bits per heavy atom. The molecule has 0 bridgehead atoms. The van der Waals surface area contributed by atoms with Crippen LogP contribution >= 0.6 is 0 Å². The van der Waals surface area contributed by atoms with Gasteiger partial charge in [0.15, 0.2) is 0 Å². The predicted molar refractivity (Wildman–Crippen MR) is 111 cm³/mol. The quantitative estimate of drug-likeness (QED) is 0.311. The van der Waals surface area contributed by atoms with E-state index < -0.39 is 25.7 Å². The molecule has 0 aliphatic carbocycles. The number of carboxylic acid groups (broad SMARTS) is 1. The second-order valence-electron chi connectivity index (χ2n) is 6.25. The molecule has 0 saturated carbocycles. The molecule has 2 nitrogen and oxygen atoms in total. The van der Waals surface area contributed by atoms with Crippen molar-refractivity contribution in [2.75, 3.05) is 0 Å². The Balaban J connectivity index is 0.000000597. The summed E-state index contributed by atoms with van der Waals surface area (Å²) in [6.45, 7) is 5.19. The topological polar surface area (TPSA) is 40.1 Å². The second-order valence-corrected chi connectivity index (χ2v) is 13.7. The molecule has 3 heteroatoms.